The third-order valence-corrected chi connectivity index (χ3v) is 12.4. The van der Waals surface area contributed by atoms with Crippen LogP contribution in [0.25, 0.3) is 31.3 Å². The van der Waals surface area contributed by atoms with E-state index in [0.717, 1.165) is 41.3 Å². The molecule has 5 aromatic rings. The average Bonchev–Trinajstić information content (AvgIpc) is 3.30. The molecule has 28 heteroatoms. The second-order valence-corrected chi connectivity index (χ2v) is 17.9. The van der Waals surface area contributed by atoms with Crippen molar-refractivity contribution in [3.63, 3.8) is 0 Å². The summed E-state index contributed by atoms with van der Waals surface area (Å²) in [7, 11) is -7.84. The number of benzene rings is 5. The van der Waals surface area contributed by atoms with E-state index in [1.54, 1.807) is 59.9 Å². The quantitative estimate of drug-likeness (QED) is 0.0152. The van der Waals surface area contributed by atoms with E-state index in [0.29, 0.717) is 24.1 Å². The van der Waals surface area contributed by atoms with Gasteiger partial charge in [0.2, 0.25) is 0 Å². The van der Waals surface area contributed by atoms with Crippen LogP contribution in [0.1, 0.15) is 18.1 Å². The number of hydrogen-bond donors (Lipinski definition) is 1. The van der Waals surface area contributed by atoms with E-state index in [2.05, 4.69) is 78.9 Å². The van der Waals surface area contributed by atoms with Crippen LogP contribution in [0.4, 0.5) is 5.69 Å². The molecule has 0 fully saturated rings. The minimum atomic E-state index is -4.00. The summed E-state index contributed by atoms with van der Waals surface area (Å²) in [6, 6.07) is 40.3. The number of alkyl halides is 1. The van der Waals surface area contributed by atoms with Gasteiger partial charge in [0, 0.05) is 82.3 Å². The Balaban J connectivity index is -0.000000991. The topological polar surface area (TPSA) is 327 Å². The van der Waals surface area contributed by atoms with Gasteiger partial charge in [-0.25, -0.2) is 16.8 Å². The van der Waals surface area contributed by atoms with Crippen molar-refractivity contribution in [2.75, 3.05) is 24.6 Å². The first-order chi connectivity index (χ1) is 30.9. The third kappa shape index (κ3) is 29.4. The normalized spacial score (nSPS) is 9.70. The van der Waals surface area contributed by atoms with E-state index in [1.807, 2.05) is 48.5 Å². The van der Waals surface area contributed by atoms with Crippen LogP contribution in [0.5, 0.6) is 0 Å². The molecule has 2 N–H and O–H groups in total. The molecule has 66 heavy (non-hydrogen) atoms. The van der Waals surface area contributed by atoms with Gasteiger partial charge in [-0.2, -0.15) is 8.42 Å². The molecule has 0 aliphatic carbocycles. The Bertz CT molecular complexity index is 2550. The number of carbonyl (C=O) groups excluding carboxylic acids is 1. The van der Waals surface area contributed by atoms with Crippen molar-refractivity contribution >= 4 is 83.2 Å². The molecule has 0 heterocycles. The number of thioether (sulfide) groups is 2. The van der Waals surface area contributed by atoms with E-state index >= 15 is 0 Å². The molecule has 0 aliphatic heterocycles. The van der Waals surface area contributed by atoms with Gasteiger partial charge >= 0.3 is 114 Å². The van der Waals surface area contributed by atoms with Crippen LogP contribution in [0.15, 0.2) is 167 Å². The molecule has 0 saturated carbocycles. The Hall–Kier alpha value is -2.45. The number of hydrogen-bond acceptors (Lipinski definition) is 14. The van der Waals surface area contributed by atoms with Crippen molar-refractivity contribution in [2.45, 2.75) is 38.0 Å². The molecule has 0 spiro atoms. The van der Waals surface area contributed by atoms with E-state index < -0.39 is 31.6 Å². The largest absolute Gasteiger partial charge is 1.00 e. The SMILES string of the molecule is NCCSc1ccccc1.O=CO[O-].O=S=O.[H-].[K+].[K+].[N-]=[N+]=NS(=O)(=O)c1ccc(CBr)cc1.[N-]=[N+]=Nc1ccc(CN(CCSc2ccccc2)Cc2ccc(S(=O)(=O)N=[N+]=[N-])cc2)cc1. The van der Waals surface area contributed by atoms with Crippen LogP contribution >= 0.6 is 39.5 Å². The summed E-state index contributed by atoms with van der Waals surface area (Å²) in [5.41, 5.74) is 33.9. The van der Waals surface area contributed by atoms with E-state index in [1.165, 1.54) is 34.1 Å². The second-order valence-electron chi connectivity index (χ2n) is 11.7. The minimum Gasteiger partial charge on any atom is -1.00 e. The number of nitrogens with two attached hydrogens (primary N) is 1. The molecule has 0 aromatic heterocycles. The van der Waals surface area contributed by atoms with Crippen molar-refractivity contribution in [3.05, 3.63) is 181 Å². The molecule has 0 saturated heterocycles. The molecule has 0 radical (unpaired) electrons. The van der Waals surface area contributed by atoms with Crippen LogP contribution in [-0.2, 0) is 59.7 Å². The molecule has 20 nitrogen and oxygen atoms in total. The summed E-state index contributed by atoms with van der Waals surface area (Å²) in [5, 5.41) is 12.7. The van der Waals surface area contributed by atoms with Gasteiger partial charge in [-0.05, 0) is 81.8 Å². The third-order valence-electron chi connectivity index (χ3n) is 7.38. The summed E-state index contributed by atoms with van der Waals surface area (Å²) in [6.45, 7) is 2.65. The first kappa shape index (κ1) is 65.6. The fourth-order valence-corrected chi connectivity index (χ4v) is 8.01. The molecule has 0 bridgehead atoms. The van der Waals surface area contributed by atoms with Gasteiger partial charge in [0.15, 0.2) is 0 Å². The standard InChI is InChI=1S/C22H21N7O2S2.C8H11NS.C7H6BrN3O2S.CH2O3.2K.O2S.H/c23-26-25-20-10-6-18(7-11-20)16-29(14-15-32-21-4-2-1-3-5-21)17-19-8-12-22(13-9-19)33(30,31)28-27-24;9-6-7-10-8-4-2-1-3-5-8;8-5-6-1-3-7(4-2-6)14(12,13)11-10-9;2-1-4-3;;;1-3-2;/h1-13H,14-17H2;1-5H,6-7,9H2;1-4H,5H2;1,3H;;;;/q;;;;2*+1;;-1/p-1. The Morgan fingerprint density at radius 1 is 0.667 bits per heavy atom. The van der Waals surface area contributed by atoms with Crippen LogP contribution in [0.3, 0.4) is 0 Å². The van der Waals surface area contributed by atoms with E-state index in [4.69, 9.17) is 40.8 Å². The summed E-state index contributed by atoms with van der Waals surface area (Å²) >= 11 is 6.04. The van der Waals surface area contributed by atoms with Crippen molar-refractivity contribution in [1.29, 1.82) is 0 Å². The Morgan fingerprint density at radius 2 is 1.05 bits per heavy atom. The van der Waals surface area contributed by atoms with Crippen molar-refractivity contribution in [1.82, 2.24) is 4.90 Å². The first-order valence-electron chi connectivity index (χ1n) is 17.8. The number of nitrogens with zero attached hydrogens (tertiary/aromatic N) is 10. The van der Waals surface area contributed by atoms with Gasteiger partial charge in [-0.15, -0.1) is 23.5 Å². The van der Waals surface area contributed by atoms with E-state index in [-0.39, 0.29) is 120 Å². The molecular formula is C38H40BrK2N11O9S5. The second kappa shape index (κ2) is 40.4. The first-order valence-corrected chi connectivity index (χ1v) is 24.4. The fourth-order valence-electron chi connectivity index (χ4n) is 4.66. The zero-order valence-electron chi connectivity index (χ0n) is 36.4. The summed E-state index contributed by atoms with van der Waals surface area (Å²) in [6.07, 6.45) is 0. The summed E-state index contributed by atoms with van der Waals surface area (Å²) < 4.78 is 68.4. The van der Waals surface area contributed by atoms with Crippen LogP contribution in [0.2, 0.25) is 0 Å². The molecule has 0 unspecified atom stereocenters. The van der Waals surface area contributed by atoms with Crippen LogP contribution in [0, 0.1) is 0 Å². The zero-order chi connectivity index (χ0) is 47.5. The van der Waals surface area contributed by atoms with Gasteiger partial charge < -0.3 is 17.3 Å². The van der Waals surface area contributed by atoms with Crippen LogP contribution < -0.4 is 114 Å². The van der Waals surface area contributed by atoms with Crippen molar-refractivity contribution < 1.29 is 144 Å². The molecule has 0 atom stereocenters. The van der Waals surface area contributed by atoms with Gasteiger partial charge in [0.1, 0.15) is 0 Å². The van der Waals surface area contributed by atoms with E-state index in [9.17, 15) is 16.8 Å². The molecule has 0 aliphatic rings. The predicted octanol–water partition coefficient (Wildman–Crippen LogP) is 2.62. The zero-order valence-corrected chi connectivity index (χ0v) is 47.3. The minimum absolute atomic E-state index is 0. The van der Waals surface area contributed by atoms with Gasteiger partial charge in [0.05, 0.1) is 9.79 Å². The molecular weight excluding hydrogens is 1070 g/mol. The number of sulfonamides is 2. The van der Waals surface area contributed by atoms with Crippen molar-refractivity contribution in [3.8, 4) is 0 Å². The Morgan fingerprint density at radius 3 is 1.39 bits per heavy atom. The molecule has 340 valence electrons. The Kier molecular flexibility index (Phi) is 40.2. The summed E-state index contributed by atoms with van der Waals surface area (Å²) in [5.74, 6) is 1.88. The number of carbonyl (C=O) groups is 1. The van der Waals surface area contributed by atoms with Gasteiger partial charge in [-0.1, -0.05) is 106 Å². The predicted molar refractivity (Wildman–Crippen MR) is 248 cm³/mol. The molecule has 0 amide bonds. The van der Waals surface area contributed by atoms with Gasteiger partial charge in [-0.3, -0.25) is 9.69 Å². The van der Waals surface area contributed by atoms with Gasteiger partial charge in [0.25, 0.3) is 26.5 Å². The smallest absolute Gasteiger partial charge is 1.00 e. The molecule has 5 aromatic carbocycles. The fraction of sp³-hybridized carbons (Fsp3) is 0.184. The molecule has 5 rings (SSSR count). The Labute approximate surface area is 489 Å². The van der Waals surface area contributed by atoms with Crippen molar-refractivity contribution in [2.24, 2.45) is 19.9 Å². The maximum atomic E-state index is 11.9. The maximum Gasteiger partial charge on any atom is 1.00 e. The maximum absolute atomic E-state index is 11.9. The average molecular weight is 1110 g/mol. The van der Waals surface area contributed by atoms with Crippen LogP contribution in [-0.4, -0.2) is 61.2 Å². The number of halogens is 1. The number of azide groups is 3. The number of rotatable bonds is 18. The monoisotopic (exact) mass is 1110 g/mol. The summed E-state index contributed by atoms with van der Waals surface area (Å²) in [4.78, 5) is 23.4.